The van der Waals surface area contributed by atoms with Gasteiger partial charge < -0.3 is 9.84 Å². The van der Waals surface area contributed by atoms with Crippen molar-refractivity contribution >= 4 is 33.5 Å². The maximum atomic E-state index is 10.9. The predicted molar refractivity (Wildman–Crippen MR) is 77.6 cm³/mol. The molecule has 112 valence electrons. The highest BCUT2D eigenvalue weighted by Gasteiger charge is 2.32. The van der Waals surface area contributed by atoms with Crippen LogP contribution in [0.3, 0.4) is 0 Å². The molecule has 0 fully saturated rings. The Labute approximate surface area is 128 Å². The molecule has 1 aromatic rings. The molecular formula is C12H12BrN3O5. The Kier molecular flexibility index (Phi) is 4.24. The van der Waals surface area contributed by atoms with Crippen LogP contribution in [0.2, 0.25) is 0 Å². The maximum absolute atomic E-state index is 10.9. The van der Waals surface area contributed by atoms with Crippen LogP contribution in [0, 0.1) is 10.1 Å². The van der Waals surface area contributed by atoms with Gasteiger partial charge in [-0.25, -0.2) is 4.79 Å². The monoisotopic (exact) mass is 357 g/mol. The van der Waals surface area contributed by atoms with Gasteiger partial charge in [-0.2, -0.15) is 0 Å². The van der Waals surface area contributed by atoms with E-state index in [0.717, 1.165) is 0 Å². The molecule has 8 nitrogen and oxygen atoms in total. The second-order valence-corrected chi connectivity index (χ2v) is 5.63. The number of hydrogen-bond acceptors (Lipinski definition) is 5. The molecule has 1 aliphatic rings. The zero-order valence-corrected chi connectivity index (χ0v) is 12.6. The van der Waals surface area contributed by atoms with Crippen LogP contribution in [-0.2, 0) is 10.3 Å². The van der Waals surface area contributed by atoms with Crippen LogP contribution in [0.15, 0.2) is 27.7 Å². The minimum Gasteiger partial charge on any atom is -0.465 e. The number of nitrogens with zero attached hydrogens (tertiary/aromatic N) is 2. The molecule has 0 spiro atoms. The van der Waals surface area contributed by atoms with Crippen molar-refractivity contribution in [2.24, 2.45) is 4.99 Å². The van der Waals surface area contributed by atoms with Gasteiger partial charge in [-0.3, -0.25) is 20.4 Å². The first-order valence-corrected chi connectivity index (χ1v) is 6.71. The number of halogens is 1. The molecule has 0 saturated heterocycles. The number of nitrogens with one attached hydrogen (secondary N) is 1. The van der Waals surface area contributed by atoms with Crippen molar-refractivity contribution in [3.05, 3.63) is 38.3 Å². The van der Waals surface area contributed by atoms with Crippen molar-refractivity contribution in [2.45, 2.75) is 12.5 Å². The standard InChI is InChI=1S/C12H12BrN3O5/c1-12(6-21-5-10(15-12)14-11(17)18)7-2-8(13)4-9(3-7)16(19)20/h2-4H,5-6H2,1H3,(H,14,15)(H,17,18)/t12-/m0/s1. The molecule has 1 aromatic carbocycles. The van der Waals surface area contributed by atoms with Crippen molar-refractivity contribution in [3.8, 4) is 0 Å². The zero-order valence-electron chi connectivity index (χ0n) is 11.0. The Balaban J connectivity index is 2.43. The fourth-order valence-electron chi connectivity index (χ4n) is 2.03. The second-order valence-electron chi connectivity index (χ2n) is 4.71. The summed E-state index contributed by atoms with van der Waals surface area (Å²) in [7, 11) is 0. The lowest BCUT2D eigenvalue weighted by Gasteiger charge is -2.30. The highest BCUT2D eigenvalue weighted by molar-refractivity contribution is 9.10. The minimum atomic E-state index is -1.23. The van der Waals surface area contributed by atoms with E-state index in [2.05, 4.69) is 26.2 Å². The third-order valence-electron chi connectivity index (χ3n) is 2.97. The third-order valence-corrected chi connectivity index (χ3v) is 3.43. The lowest BCUT2D eigenvalue weighted by molar-refractivity contribution is -0.385. The number of hydrogen-bond donors (Lipinski definition) is 2. The lowest BCUT2D eigenvalue weighted by atomic mass is 9.92. The van der Waals surface area contributed by atoms with E-state index < -0.39 is 16.6 Å². The number of amides is 1. The molecule has 1 amide bonds. The van der Waals surface area contributed by atoms with E-state index in [1.54, 1.807) is 13.0 Å². The van der Waals surface area contributed by atoms with Gasteiger partial charge in [0.2, 0.25) is 0 Å². The Morgan fingerprint density at radius 3 is 2.90 bits per heavy atom. The van der Waals surface area contributed by atoms with Crippen molar-refractivity contribution < 1.29 is 19.6 Å². The number of aliphatic imine (C=N–C) groups is 1. The van der Waals surface area contributed by atoms with Crippen LogP contribution in [0.25, 0.3) is 0 Å². The summed E-state index contributed by atoms with van der Waals surface area (Å²) in [5, 5.41) is 21.8. The van der Waals surface area contributed by atoms with Crippen molar-refractivity contribution in [2.75, 3.05) is 13.2 Å². The molecule has 0 aliphatic carbocycles. The molecule has 1 aliphatic heterocycles. The molecule has 0 unspecified atom stereocenters. The number of carbonyl (C=O) groups is 1. The summed E-state index contributed by atoms with van der Waals surface area (Å²) in [4.78, 5) is 25.4. The number of nitro groups is 1. The van der Waals surface area contributed by atoms with E-state index in [4.69, 9.17) is 9.84 Å². The molecule has 1 atom stereocenters. The Bertz CT molecular complexity index is 633. The molecule has 9 heteroatoms. The average Bonchev–Trinajstić information content (AvgIpc) is 2.37. The van der Waals surface area contributed by atoms with Gasteiger partial charge in [0.15, 0.2) is 0 Å². The number of rotatable bonds is 2. The van der Waals surface area contributed by atoms with Gasteiger partial charge in [0.25, 0.3) is 5.69 Å². The summed E-state index contributed by atoms with van der Waals surface area (Å²) >= 11 is 3.22. The van der Waals surface area contributed by atoms with Crippen molar-refractivity contribution in [1.82, 2.24) is 5.32 Å². The minimum absolute atomic E-state index is 0.0536. The van der Waals surface area contributed by atoms with Gasteiger partial charge >= 0.3 is 6.09 Å². The molecule has 21 heavy (non-hydrogen) atoms. The zero-order chi connectivity index (χ0) is 15.6. The summed E-state index contributed by atoms with van der Waals surface area (Å²) in [5.74, 6) is 0.166. The van der Waals surface area contributed by atoms with Crippen LogP contribution >= 0.6 is 15.9 Å². The maximum Gasteiger partial charge on any atom is 0.410 e. The molecule has 2 rings (SSSR count). The van der Waals surface area contributed by atoms with E-state index >= 15 is 0 Å². The number of carboxylic acid groups (broad SMARTS) is 1. The summed E-state index contributed by atoms with van der Waals surface area (Å²) in [5.41, 5.74) is -0.410. The average molecular weight is 358 g/mol. The molecule has 0 saturated carbocycles. The largest absolute Gasteiger partial charge is 0.465 e. The predicted octanol–water partition coefficient (Wildman–Crippen LogP) is 2.27. The SMILES string of the molecule is C[C@@]1(c2cc(Br)cc([N+](=O)[O-])c2)COCC(NC(=O)O)=N1. The van der Waals surface area contributed by atoms with Crippen molar-refractivity contribution in [1.29, 1.82) is 0 Å². The van der Waals surface area contributed by atoms with Gasteiger partial charge in [-0.15, -0.1) is 0 Å². The number of benzene rings is 1. The van der Waals surface area contributed by atoms with Crippen LogP contribution in [0.4, 0.5) is 10.5 Å². The number of ether oxygens (including phenoxy) is 1. The quantitative estimate of drug-likeness (QED) is 0.622. The van der Waals surface area contributed by atoms with Gasteiger partial charge in [0.05, 0.1) is 11.5 Å². The smallest absolute Gasteiger partial charge is 0.410 e. The van der Waals surface area contributed by atoms with E-state index in [1.807, 2.05) is 0 Å². The highest BCUT2D eigenvalue weighted by atomic mass is 79.9. The molecule has 0 bridgehead atoms. The summed E-state index contributed by atoms with van der Waals surface area (Å²) in [6.45, 7) is 1.98. The van der Waals surface area contributed by atoms with E-state index in [0.29, 0.717) is 10.0 Å². The van der Waals surface area contributed by atoms with Crippen LogP contribution in [0.1, 0.15) is 12.5 Å². The molecule has 0 aromatic heterocycles. The fraction of sp³-hybridized carbons (Fsp3) is 0.333. The highest BCUT2D eigenvalue weighted by Crippen LogP contribution is 2.33. The van der Waals surface area contributed by atoms with Gasteiger partial charge in [-0.05, 0) is 18.6 Å². The van der Waals surface area contributed by atoms with Gasteiger partial charge in [-0.1, -0.05) is 15.9 Å². The topological polar surface area (TPSA) is 114 Å². The van der Waals surface area contributed by atoms with Gasteiger partial charge in [0, 0.05) is 16.6 Å². The number of non-ortho nitro benzene ring substituents is 1. The first kappa shape index (κ1) is 15.4. The summed E-state index contributed by atoms with van der Waals surface area (Å²) < 4.78 is 5.89. The van der Waals surface area contributed by atoms with Crippen LogP contribution < -0.4 is 5.32 Å². The third kappa shape index (κ3) is 3.56. The van der Waals surface area contributed by atoms with E-state index in [1.165, 1.54) is 12.1 Å². The Hall–Kier alpha value is -2.00. The molecular weight excluding hydrogens is 346 g/mol. The summed E-state index contributed by atoms with van der Waals surface area (Å²) in [6, 6.07) is 4.49. The molecule has 0 radical (unpaired) electrons. The van der Waals surface area contributed by atoms with E-state index in [9.17, 15) is 14.9 Å². The van der Waals surface area contributed by atoms with E-state index in [-0.39, 0.29) is 24.7 Å². The van der Waals surface area contributed by atoms with Crippen LogP contribution in [0.5, 0.6) is 0 Å². The fourth-order valence-corrected chi connectivity index (χ4v) is 2.52. The lowest BCUT2D eigenvalue weighted by Crippen LogP contribution is -2.42. The number of amidine groups is 1. The second kappa shape index (κ2) is 5.78. The van der Waals surface area contributed by atoms with Crippen molar-refractivity contribution in [3.63, 3.8) is 0 Å². The Morgan fingerprint density at radius 2 is 2.29 bits per heavy atom. The van der Waals surface area contributed by atoms with Gasteiger partial charge in [0.1, 0.15) is 18.0 Å². The van der Waals surface area contributed by atoms with Crippen LogP contribution in [-0.4, -0.2) is 35.2 Å². The normalized spacial score (nSPS) is 21.5. The first-order valence-electron chi connectivity index (χ1n) is 5.92. The molecule has 1 heterocycles. The Morgan fingerprint density at radius 1 is 1.57 bits per heavy atom. The first-order chi connectivity index (χ1) is 9.80. The summed E-state index contributed by atoms with van der Waals surface area (Å²) in [6.07, 6.45) is -1.23. The molecule has 2 N–H and O–H groups in total. The number of nitro benzene ring substituents is 1.